The van der Waals surface area contributed by atoms with Gasteiger partial charge in [-0.15, -0.1) is 0 Å². The molecule has 1 N–H and O–H groups in total. The average Bonchev–Trinajstić information content (AvgIpc) is 2.83. The van der Waals surface area contributed by atoms with E-state index < -0.39 is 11.7 Å². The molecule has 92 valence electrons. The second-order valence-corrected chi connectivity index (χ2v) is 3.90. The quantitative estimate of drug-likeness (QED) is 0.860. The van der Waals surface area contributed by atoms with Crippen LogP contribution in [0.5, 0.6) is 0 Å². The molecular formula is C13H9ClFNO2. The zero-order valence-corrected chi connectivity index (χ0v) is 9.95. The topological polar surface area (TPSA) is 42.2 Å². The molecule has 0 aliphatic rings. The van der Waals surface area contributed by atoms with Gasteiger partial charge in [-0.1, -0.05) is 11.6 Å². The van der Waals surface area contributed by atoms with Gasteiger partial charge in [0, 0.05) is 11.1 Å². The van der Waals surface area contributed by atoms with Crippen molar-refractivity contribution in [3.63, 3.8) is 0 Å². The van der Waals surface area contributed by atoms with E-state index in [0.29, 0.717) is 5.76 Å². The van der Waals surface area contributed by atoms with Crippen molar-refractivity contribution in [2.24, 2.45) is 0 Å². The van der Waals surface area contributed by atoms with Gasteiger partial charge < -0.3 is 9.73 Å². The van der Waals surface area contributed by atoms with E-state index in [1.807, 2.05) is 0 Å². The minimum atomic E-state index is -0.581. The highest BCUT2D eigenvalue weighted by Crippen LogP contribution is 2.18. The third-order valence-electron chi connectivity index (χ3n) is 2.13. The third-order valence-corrected chi connectivity index (χ3v) is 2.37. The maximum absolute atomic E-state index is 13.4. The molecule has 0 spiro atoms. The molecule has 0 aliphatic carbocycles. The van der Waals surface area contributed by atoms with E-state index in [0.717, 1.165) is 6.07 Å². The summed E-state index contributed by atoms with van der Waals surface area (Å²) in [5.41, 5.74) is 0.0773. The molecule has 1 amide bonds. The average molecular weight is 266 g/mol. The van der Waals surface area contributed by atoms with Crippen molar-refractivity contribution >= 4 is 29.3 Å². The number of carbonyl (C=O) groups excluding carboxylic acids is 1. The lowest BCUT2D eigenvalue weighted by Crippen LogP contribution is -2.09. The fraction of sp³-hybridized carbons (Fsp3) is 0. The largest absolute Gasteiger partial charge is 0.465 e. The normalized spacial score (nSPS) is 10.8. The highest BCUT2D eigenvalue weighted by molar-refractivity contribution is 6.30. The smallest absolute Gasteiger partial charge is 0.248 e. The molecule has 3 nitrogen and oxygen atoms in total. The van der Waals surface area contributed by atoms with Gasteiger partial charge in [0.1, 0.15) is 11.6 Å². The highest BCUT2D eigenvalue weighted by atomic mass is 35.5. The maximum Gasteiger partial charge on any atom is 0.248 e. The first-order valence-corrected chi connectivity index (χ1v) is 5.50. The van der Waals surface area contributed by atoms with Crippen LogP contribution in [0.25, 0.3) is 6.08 Å². The van der Waals surface area contributed by atoms with Crippen LogP contribution in [0, 0.1) is 5.82 Å². The van der Waals surface area contributed by atoms with Gasteiger partial charge >= 0.3 is 0 Å². The van der Waals surface area contributed by atoms with E-state index in [-0.39, 0.29) is 10.7 Å². The number of amides is 1. The monoisotopic (exact) mass is 265 g/mol. The van der Waals surface area contributed by atoms with Crippen LogP contribution in [0.15, 0.2) is 47.1 Å². The van der Waals surface area contributed by atoms with E-state index in [4.69, 9.17) is 16.0 Å². The van der Waals surface area contributed by atoms with Crippen LogP contribution in [-0.2, 0) is 4.79 Å². The van der Waals surface area contributed by atoms with Gasteiger partial charge in [-0.3, -0.25) is 4.79 Å². The molecular weight excluding hydrogens is 257 g/mol. The lowest BCUT2D eigenvalue weighted by Gasteiger charge is -2.03. The minimum absolute atomic E-state index is 0.0773. The SMILES string of the molecule is O=C(/C=C/c1ccco1)Nc1ccc(Cl)cc1F. The summed E-state index contributed by atoms with van der Waals surface area (Å²) in [6.45, 7) is 0. The molecule has 2 aromatic rings. The minimum Gasteiger partial charge on any atom is -0.465 e. The van der Waals surface area contributed by atoms with Crippen molar-refractivity contribution in [1.29, 1.82) is 0 Å². The Morgan fingerprint density at radius 2 is 2.22 bits per heavy atom. The van der Waals surface area contributed by atoms with Gasteiger partial charge in [-0.25, -0.2) is 4.39 Å². The first-order valence-electron chi connectivity index (χ1n) is 5.13. The zero-order chi connectivity index (χ0) is 13.0. The summed E-state index contributed by atoms with van der Waals surface area (Å²) in [5, 5.41) is 2.67. The van der Waals surface area contributed by atoms with Crippen LogP contribution >= 0.6 is 11.6 Å². The van der Waals surface area contributed by atoms with Gasteiger partial charge in [-0.2, -0.15) is 0 Å². The fourth-order valence-corrected chi connectivity index (χ4v) is 1.47. The van der Waals surface area contributed by atoms with Crippen LogP contribution in [0.2, 0.25) is 5.02 Å². The van der Waals surface area contributed by atoms with E-state index in [1.54, 1.807) is 12.1 Å². The lowest BCUT2D eigenvalue weighted by molar-refractivity contribution is -0.111. The van der Waals surface area contributed by atoms with Gasteiger partial charge in [0.25, 0.3) is 0 Å². The molecule has 5 heteroatoms. The van der Waals surface area contributed by atoms with E-state index in [2.05, 4.69) is 5.32 Å². The van der Waals surface area contributed by atoms with Crippen LogP contribution in [-0.4, -0.2) is 5.91 Å². The number of benzene rings is 1. The molecule has 1 heterocycles. The van der Waals surface area contributed by atoms with Gasteiger partial charge in [-0.05, 0) is 36.4 Å². The Bertz CT molecular complexity index is 579. The fourth-order valence-electron chi connectivity index (χ4n) is 1.31. The van der Waals surface area contributed by atoms with E-state index in [1.165, 1.54) is 30.5 Å². The van der Waals surface area contributed by atoms with Crippen LogP contribution in [0.4, 0.5) is 10.1 Å². The molecule has 0 radical (unpaired) electrons. The molecule has 1 aromatic carbocycles. The molecule has 0 saturated heterocycles. The van der Waals surface area contributed by atoms with E-state index in [9.17, 15) is 9.18 Å². The van der Waals surface area contributed by atoms with Crippen molar-refractivity contribution in [1.82, 2.24) is 0 Å². The van der Waals surface area contributed by atoms with Crippen LogP contribution < -0.4 is 5.32 Å². The molecule has 2 rings (SSSR count). The summed E-state index contributed by atoms with van der Waals surface area (Å²) in [7, 11) is 0. The first-order chi connectivity index (χ1) is 8.65. The summed E-state index contributed by atoms with van der Waals surface area (Å²) < 4.78 is 18.4. The van der Waals surface area contributed by atoms with Gasteiger partial charge in [0.15, 0.2) is 0 Å². The summed E-state index contributed by atoms with van der Waals surface area (Å²) in [4.78, 5) is 11.5. The number of hydrogen-bond acceptors (Lipinski definition) is 2. The number of carbonyl (C=O) groups is 1. The summed E-state index contributed by atoms with van der Waals surface area (Å²) in [6, 6.07) is 7.43. The Morgan fingerprint density at radius 1 is 1.39 bits per heavy atom. The van der Waals surface area contributed by atoms with Crippen molar-refractivity contribution in [3.05, 3.63) is 59.3 Å². The maximum atomic E-state index is 13.4. The predicted molar refractivity (Wildman–Crippen MR) is 67.8 cm³/mol. The Labute approximate surface area is 108 Å². The first kappa shape index (κ1) is 12.4. The third kappa shape index (κ3) is 3.21. The van der Waals surface area contributed by atoms with Crippen molar-refractivity contribution < 1.29 is 13.6 Å². The van der Waals surface area contributed by atoms with Gasteiger partial charge in [0.05, 0.1) is 12.0 Å². The Morgan fingerprint density at radius 3 is 2.89 bits per heavy atom. The standard InChI is InChI=1S/C13H9ClFNO2/c14-9-3-5-12(11(15)8-9)16-13(17)6-4-10-2-1-7-18-10/h1-8H,(H,16,17)/b6-4+. The number of furan rings is 1. The summed E-state index contributed by atoms with van der Waals surface area (Å²) in [6.07, 6.45) is 4.24. The number of anilines is 1. The van der Waals surface area contributed by atoms with Crippen molar-refractivity contribution in [2.45, 2.75) is 0 Å². The Kier molecular flexibility index (Phi) is 3.79. The number of hydrogen-bond donors (Lipinski definition) is 1. The number of nitrogens with one attached hydrogen (secondary N) is 1. The van der Waals surface area contributed by atoms with Gasteiger partial charge in [0.2, 0.25) is 5.91 Å². The second-order valence-electron chi connectivity index (χ2n) is 3.46. The molecule has 0 atom stereocenters. The highest BCUT2D eigenvalue weighted by Gasteiger charge is 2.05. The Balaban J connectivity index is 2.03. The number of halogens is 2. The second kappa shape index (κ2) is 5.51. The molecule has 0 saturated carbocycles. The molecule has 18 heavy (non-hydrogen) atoms. The van der Waals surface area contributed by atoms with Crippen molar-refractivity contribution in [2.75, 3.05) is 5.32 Å². The molecule has 1 aromatic heterocycles. The van der Waals surface area contributed by atoms with Crippen LogP contribution in [0.3, 0.4) is 0 Å². The van der Waals surface area contributed by atoms with Crippen LogP contribution in [0.1, 0.15) is 5.76 Å². The van der Waals surface area contributed by atoms with E-state index >= 15 is 0 Å². The lowest BCUT2D eigenvalue weighted by atomic mass is 10.3. The Hall–Kier alpha value is -2.07. The van der Waals surface area contributed by atoms with Crippen molar-refractivity contribution in [3.8, 4) is 0 Å². The zero-order valence-electron chi connectivity index (χ0n) is 9.19. The molecule has 0 bridgehead atoms. The molecule has 0 unspecified atom stereocenters. The predicted octanol–water partition coefficient (Wildman–Crippen LogP) is 3.72. The molecule has 0 aliphatic heterocycles. The summed E-state index contributed by atoms with van der Waals surface area (Å²) >= 11 is 5.60. The molecule has 0 fully saturated rings. The summed E-state index contributed by atoms with van der Waals surface area (Å²) in [5.74, 6) is -0.489. The number of rotatable bonds is 3.